The van der Waals surface area contributed by atoms with E-state index >= 15 is 0 Å². The monoisotopic (exact) mass is 451 g/mol. The molecule has 0 aliphatic carbocycles. The summed E-state index contributed by atoms with van der Waals surface area (Å²) in [6.07, 6.45) is 5.06. The average Bonchev–Trinajstić information content (AvgIpc) is 3.27. The number of methoxy groups -OCH3 is 2. The summed E-state index contributed by atoms with van der Waals surface area (Å²) in [5.41, 5.74) is 0.760. The number of pyridine rings is 1. The smallest absolute Gasteiger partial charge is 0.249 e. The highest BCUT2D eigenvalue weighted by Gasteiger charge is 2.23. The van der Waals surface area contributed by atoms with Crippen molar-refractivity contribution in [1.82, 2.24) is 10.3 Å². The minimum absolute atomic E-state index is 0.0503. The fourth-order valence-electron chi connectivity index (χ4n) is 3.34. The number of sulfone groups is 1. The van der Waals surface area contributed by atoms with Gasteiger partial charge >= 0.3 is 0 Å². The summed E-state index contributed by atoms with van der Waals surface area (Å²) in [6, 6.07) is 12.1. The normalized spacial score (nSPS) is 14.6. The lowest BCUT2D eigenvalue weighted by Gasteiger charge is -2.12. The Kier molecular flexibility index (Phi) is 5.91. The van der Waals surface area contributed by atoms with Crippen LogP contribution in [0.4, 0.5) is 0 Å². The molecule has 0 fully saturated rings. The van der Waals surface area contributed by atoms with Crippen molar-refractivity contribution in [3.8, 4) is 11.5 Å². The molecule has 0 saturated heterocycles. The number of amides is 1. The van der Waals surface area contributed by atoms with Gasteiger partial charge in [0.2, 0.25) is 15.7 Å². The van der Waals surface area contributed by atoms with Gasteiger partial charge in [-0.1, -0.05) is 12.1 Å². The van der Waals surface area contributed by atoms with Gasteiger partial charge in [0, 0.05) is 30.2 Å². The maximum atomic E-state index is 13.1. The van der Waals surface area contributed by atoms with Crippen LogP contribution in [-0.4, -0.2) is 39.6 Å². The van der Waals surface area contributed by atoms with E-state index in [9.17, 15) is 13.2 Å². The highest BCUT2D eigenvalue weighted by atomic mass is 32.2. The van der Waals surface area contributed by atoms with Crippen LogP contribution < -0.4 is 25.4 Å². The summed E-state index contributed by atoms with van der Waals surface area (Å²) in [7, 11) is -0.891. The van der Waals surface area contributed by atoms with E-state index in [1.54, 1.807) is 42.7 Å². The van der Waals surface area contributed by atoms with E-state index in [1.165, 1.54) is 38.5 Å². The molecular weight excluding hydrogens is 430 g/mol. The average molecular weight is 452 g/mol. The first-order valence-electron chi connectivity index (χ1n) is 9.76. The standard InChI is InChI=1S/C23H21N3O5S/c1-30-17-5-8-22(21(12-17)31-2)32(28,29)18-6-3-15(4-7-18)13-25-23(27)20-11-16-14-24-10-9-19(16)26-20/h3-12,14,20H,13H2,1-2H3,(H,25,27). The summed E-state index contributed by atoms with van der Waals surface area (Å²) in [5.74, 6) is 0.465. The molecule has 0 spiro atoms. The fraction of sp³-hybridized carbons (Fsp3) is 0.174. The van der Waals surface area contributed by atoms with Gasteiger partial charge in [0.1, 0.15) is 22.4 Å². The van der Waals surface area contributed by atoms with Gasteiger partial charge in [0.05, 0.1) is 24.5 Å². The van der Waals surface area contributed by atoms with Crippen molar-refractivity contribution in [3.05, 3.63) is 77.1 Å². The first-order chi connectivity index (χ1) is 15.4. The predicted octanol–water partition coefficient (Wildman–Crippen LogP) is 1.03. The van der Waals surface area contributed by atoms with Gasteiger partial charge in [-0.2, -0.15) is 0 Å². The van der Waals surface area contributed by atoms with E-state index in [2.05, 4.69) is 15.3 Å². The Labute approximate surface area is 185 Å². The van der Waals surface area contributed by atoms with Gasteiger partial charge in [-0.25, -0.2) is 8.42 Å². The van der Waals surface area contributed by atoms with E-state index in [-0.39, 0.29) is 28.0 Å². The molecular formula is C23H21N3O5S. The second-order valence-electron chi connectivity index (χ2n) is 7.06. The SMILES string of the molecule is COc1ccc(S(=O)(=O)c2ccc(CNC(=O)C3C=c4cnccc4=N3)cc2)c(OC)c1. The first-order valence-corrected chi connectivity index (χ1v) is 11.2. The zero-order valence-corrected chi connectivity index (χ0v) is 18.3. The fourth-order valence-corrected chi connectivity index (χ4v) is 4.74. The number of rotatable bonds is 7. The Morgan fingerprint density at radius 2 is 1.84 bits per heavy atom. The van der Waals surface area contributed by atoms with Gasteiger partial charge in [-0.3, -0.25) is 14.8 Å². The van der Waals surface area contributed by atoms with Crippen LogP contribution in [0.5, 0.6) is 11.5 Å². The zero-order valence-electron chi connectivity index (χ0n) is 17.5. The van der Waals surface area contributed by atoms with Crippen molar-refractivity contribution >= 4 is 21.8 Å². The maximum Gasteiger partial charge on any atom is 0.249 e. The van der Waals surface area contributed by atoms with Crippen molar-refractivity contribution in [1.29, 1.82) is 0 Å². The zero-order chi connectivity index (χ0) is 22.7. The van der Waals surface area contributed by atoms with Crippen LogP contribution >= 0.6 is 0 Å². The number of hydrogen-bond acceptors (Lipinski definition) is 7. The quantitative estimate of drug-likeness (QED) is 0.575. The first kappa shape index (κ1) is 21.5. The number of nitrogens with one attached hydrogen (secondary N) is 1. The van der Waals surface area contributed by atoms with Gasteiger partial charge in [0.15, 0.2) is 0 Å². The Morgan fingerprint density at radius 3 is 2.53 bits per heavy atom. The third kappa shape index (κ3) is 4.19. The van der Waals surface area contributed by atoms with Crippen LogP contribution in [0.1, 0.15) is 5.56 Å². The molecule has 32 heavy (non-hydrogen) atoms. The maximum absolute atomic E-state index is 13.1. The van der Waals surface area contributed by atoms with Crippen LogP contribution in [0.2, 0.25) is 0 Å². The molecule has 0 radical (unpaired) electrons. The van der Waals surface area contributed by atoms with Crippen molar-refractivity contribution in [3.63, 3.8) is 0 Å². The summed E-state index contributed by atoms with van der Waals surface area (Å²) in [5, 5.41) is 4.40. The van der Waals surface area contributed by atoms with Crippen molar-refractivity contribution in [2.24, 2.45) is 4.99 Å². The van der Waals surface area contributed by atoms with Gasteiger partial charge in [0.25, 0.3) is 0 Å². The molecule has 8 nitrogen and oxygen atoms in total. The molecule has 1 N–H and O–H groups in total. The van der Waals surface area contributed by atoms with Gasteiger partial charge < -0.3 is 14.8 Å². The largest absolute Gasteiger partial charge is 0.497 e. The second kappa shape index (κ2) is 8.80. The topological polar surface area (TPSA) is 107 Å². The summed E-state index contributed by atoms with van der Waals surface area (Å²) < 4.78 is 36.5. The molecule has 164 valence electrons. The van der Waals surface area contributed by atoms with Gasteiger partial charge in [-0.05, 0) is 42.0 Å². The van der Waals surface area contributed by atoms with E-state index in [0.717, 1.165) is 16.1 Å². The summed E-state index contributed by atoms with van der Waals surface area (Å²) in [4.78, 5) is 21.0. The number of ether oxygens (including phenoxy) is 2. The molecule has 3 aromatic rings. The number of benzene rings is 2. The molecule has 1 aromatic heterocycles. The lowest BCUT2D eigenvalue weighted by Crippen LogP contribution is -2.31. The number of aromatic nitrogens is 1. The van der Waals surface area contributed by atoms with Crippen LogP contribution in [0.15, 0.2) is 75.7 Å². The molecule has 1 amide bonds. The number of nitrogens with zero attached hydrogens (tertiary/aromatic N) is 2. The molecule has 1 aliphatic heterocycles. The van der Waals surface area contributed by atoms with Crippen molar-refractivity contribution in [2.45, 2.75) is 22.4 Å². The Hall–Kier alpha value is -3.72. The predicted molar refractivity (Wildman–Crippen MR) is 117 cm³/mol. The van der Waals surface area contributed by atoms with E-state index < -0.39 is 15.9 Å². The molecule has 2 aromatic carbocycles. The molecule has 9 heteroatoms. The van der Waals surface area contributed by atoms with Crippen LogP contribution in [-0.2, 0) is 21.2 Å². The lowest BCUT2D eigenvalue weighted by atomic mass is 10.2. The summed E-state index contributed by atoms with van der Waals surface area (Å²) >= 11 is 0. The Balaban J connectivity index is 1.46. The van der Waals surface area contributed by atoms with Gasteiger partial charge in [-0.15, -0.1) is 0 Å². The molecule has 0 bridgehead atoms. The minimum Gasteiger partial charge on any atom is -0.497 e. The third-order valence-electron chi connectivity index (χ3n) is 5.07. The number of carbonyl (C=O) groups excluding carboxylic acids is 1. The molecule has 4 rings (SSSR count). The molecule has 1 atom stereocenters. The minimum atomic E-state index is -3.79. The van der Waals surface area contributed by atoms with Crippen molar-refractivity contribution in [2.75, 3.05) is 14.2 Å². The van der Waals surface area contributed by atoms with E-state index in [4.69, 9.17) is 9.47 Å². The molecule has 1 aliphatic rings. The third-order valence-corrected chi connectivity index (χ3v) is 6.88. The van der Waals surface area contributed by atoms with E-state index in [1.807, 2.05) is 0 Å². The Morgan fingerprint density at radius 1 is 1.06 bits per heavy atom. The van der Waals surface area contributed by atoms with Crippen molar-refractivity contribution < 1.29 is 22.7 Å². The number of carbonyl (C=O) groups is 1. The molecule has 1 unspecified atom stereocenters. The van der Waals surface area contributed by atoms with Crippen LogP contribution in [0.25, 0.3) is 6.08 Å². The van der Waals surface area contributed by atoms with Crippen LogP contribution in [0, 0.1) is 0 Å². The molecule has 2 heterocycles. The Bertz CT molecular complexity index is 1350. The number of fused-ring (bicyclic) bond motifs is 1. The van der Waals surface area contributed by atoms with Crippen LogP contribution in [0.3, 0.4) is 0 Å². The number of hydrogen-bond donors (Lipinski definition) is 1. The second-order valence-corrected chi connectivity index (χ2v) is 8.98. The lowest BCUT2D eigenvalue weighted by molar-refractivity contribution is -0.121. The highest BCUT2D eigenvalue weighted by molar-refractivity contribution is 7.91. The highest BCUT2D eigenvalue weighted by Crippen LogP contribution is 2.32. The summed E-state index contributed by atoms with van der Waals surface area (Å²) in [6.45, 7) is 0.249. The molecule has 0 saturated carbocycles. The van der Waals surface area contributed by atoms with E-state index in [0.29, 0.717) is 5.75 Å².